The van der Waals surface area contributed by atoms with E-state index in [1.807, 2.05) is 12.1 Å². The van der Waals surface area contributed by atoms with Crippen molar-refractivity contribution < 1.29 is 9.18 Å². The molecule has 1 aliphatic heterocycles. The lowest BCUT2D eigenvalue weighted by Crippen LogP contribution is -2.50. The minimum atomic E-state index is -0.256. The molecule has 0 atom stereocenters. The molecule has 1 N–H and O–H groups in total. The molecule has 122 valence electrons. The molecule has 0 saturated carbocycles. The fourth-order valence-electron chi connectivity index (χ4n) is 2.67. The van der Waals surface area contributed by atoms with Crippen LogP contribution in [0, 0.1) is 17.1 Å². The maximum Gasteiger partial charge on any atom is 0.321 e. The lowest BCUT2D eigenvalue weighted by molar-refractivity contribution is 0.208. The standard InChI is InChI=1S/C18H17FN4O/c19-15-2-1-3-17(12-15)22-8-10-23(11-9-22)18(24)21-16-6-4-14(13-20)5-7-16/h1-7,12H,8-11H2,(H,21,24). The van der Waals surface area contributed by atoms with Crippen molar-refractivity contribution in [3.05, 3.63) is 59.9 Å². The van der Waals surface area contributed by atoms with Crippen molar-refractivity contribution in [3.8, 4) is 6.07 Å². The van der Waals surface area contributed by atoms with Crippen molar-refractivity contribution in [3.63, 3.8) is 0 Å². The molecule has 0 aromatic heterocycles. The topological polar surface area (TPSA) is 59.4 Å². The molecule has 2 aromatic rings. The third kappa shape index (κ3) is 3.63. The van der Waals surface area contributed by atoms with Crippen molar-refractivity contribution in [2.24, 2.45) is 0 Å². The van der Waals surface area contributed by atoms with E-state index in [9.17, 15) is 9.18 Å². The average molecular weight is 324 g/mol. The summed E-state index contributed by atoms with van der Waals surface area (Å²) in [6, 6.07) is 15.1. The van der Waals surface area contributed by atoms with Gasteiger partial charge in [0, 0.05) is 37.6 Å². The number of carbonyl (C=O) groups excluding carboxylic acids is 1. The van der Waals surface area contributed by atoms with Crippen LogP contribution in [0.5, 0.6) is 0 Å². The summed E-state index contributed by atoms with van der Waals surface area (Å²) in [6.07, 6.45) is 0. The number of rotatable bonds is 2. The van der Waals surface area contributed by atoms with Gasteiger partial charge in [0.25, 0.3) is 0 Å². The van der Waals surface area contributed by atoms with E-state index in [1.54, 1.807) is 35.2 Å². The molecule has 0 radical (unpaired) electrons. The van der Waals surface area contributed by atoms with Gasteiger partial charge in [0.1, 0.15) is 5.82 Å². The van der Waals surface area contributed by atoms with Gasteiger partial charge in [-0.05, 0) is 42.5 Å². The van der Waals surface area contributed by atoms with E-state index >= 15 is 0 Å². The summed E-state index contributed by atoms with van der Waals surface area (Å²) in [5.74, 6) is -0.256. The van der Waals surface area contributed by atoms with Gasteiger partial charge in [0.05, 0.1) is 11.6 Å². The number of hydrogen-bond donors (Lipinski definition) is 1. The molecule has 0 spiro atoms. The summed E-state index contributed by atoms with van der Waals surface area (Å²) >= 11 is 0. The van der Waals surface area contributed by atoms with E-state index in [0.717, 1.165) is 5.69 Å². The Morgan fingerprint density at radius 1 is 1.08 bits per heavy atom. The lowest BCUT2D eigenvalue weighted by atomic mass is 10.2. The zero-order valence-electron chi connectivity index (χ0n) is 13.1. The Labute approximate surface area is 139 Å². The summed E-state index contributed by atoms with van der Waals surface area (Å²) < 4.78 is 13.3. The molecule has 1 fully saturated rings. The quantitative estimate of drug-likeness (QED) is 0.923. The van der Waals surface area contributed by atoms with Gasteiger partial charge in [0.15, 0.2) is 0 Å². The van der Waals surface area contributed by atoms with Gasteiger partial charge in [-0.3, -0.25) is 0 Å². The monoisotopic (exact) mass is 324 g/mol. The predicted molar refractivity (Wildman–Crippen MR) is 90.4 cm³/mol. The van der Waals surface area contributed by atoms with Crippen LogP contribution in [0.3, 0.4) is 0 Å². The fraction of sp³-hybridized carbons (Fsp3) is 0.222. The number of carbonyl (C=O) groups is 1. The van der Waals surface area contributed by atoms with E-state index in [4.69, 9.17) is 5.26 Å². The number of nitriles is 1. The number of nitrogens with one attached hydrogen (secondary N) is 1. The second-order valence-corrected chi connectivity index (χ2v) is 5.57. The Hall–Kier alpha value is -3.07. The van der Waals surface area contributed by atoms with Crippen LogP contribution in [0.25, 0.3) is 0 Å². The van der Waals surface area contributed by atoms with Gasteiger partial charge >= 0.3 is 6.03 Å². The molecule has 0 unspecified atom stereocenters. The van der Waals surface area contributed by atoms with Gasteiger partial charge in [-0.1, -0.05) is 6.07 Å². The van der Waals surface area contributed by atoms with Crippen LogP contribution in [0.4, 0.5) is 20.6 Å². The highest BCUT2D eigenvalue weighted by Gasteiger charge is 2.21. The lowest BCUT2D eigenvalue weighted by Gasteiger charge is -2.36. The first kappa shape index (κ1) is 15.8. The molecule has 24 heavy (non-hydrogen) atoms. The van der Waals surface area contributed by atoms with Gasteiger partial charge < -0.3 is 15.1 Å². The number of anilines is 2. The van der Waals surface area contributed by atoms with Crippen LogP contribution >= 0.6 is 0 Å². The molecule has 1 saturated heterocycles. The smallest absolute Gasteiger partial charge is 0.321 e. The van der Waals surface area contributed by atoms with Crippen LogP contribution in [0.2, 0.25) is 0 Å². The van der Waals surface area contributed by atoms with Crippen LogP contribution in [-0.2, 0) is 0 Å². The number of nitrogens with zero attached hydrogens (tertiary/aromatic N) is 3. The second kappa shape index (κ2) is 7.01. The third-order valence-corrected chi connectivity index (χ3v) is 4.01. The summed E-state index contributed by atoms with van der Waals surface area (Å²) in [4.78, 5) is 16.1. The minimum absolute atomic E-state index is 0.168. The number of halogens is 1. The normalized spacial score (nSPS) is 14.2. The van der Waals surface area contributed by atoms with Gasteiger partial charge in [-0.25, -0.2) is 9.18 Å². The van der Waals surface area contributed by atoms with Crippen LogP contribution in [-0.4, -0.2) is 37.1 Å². The highest BCUT2D eigenvalue weighted by Crippen LogP contribution is 2.18. The summed E-state index contributed by atoms with van der Waals surface area (Å²) in [6.45, 7) is 2.45. The van der Waals surface area contributed by atoms with Gasteiger partial charge in [-0.15, -0.1) is 0 Å². The molecule has 2 amide bonds. The molecule has 0 aliphatic carbocycles. The fourth-order valence-corrected chi connectivity index (χ4v) is 2.67. The van der Waals surface area contributed by atoms with E-state index in [2.05, 4.69) is 10.2 Å². The Kier molecular flexibility index (Phi) is 4.62. The number of hydrogen-bond acceptors (Lipinski definition) is 3. The SMILES string of the molecule is N#Cc1ccc(NC(=O)N2CCN(c3cccc(F)c3)CC2)cc1. The van der Waals surface area contributed by atoms with Crippen LogP contribution in [0.15, 0.2) is 48.5 Å². The first-order valence-electron chi connectivity index (χ1n) is 7.72. The number of benzene rings is 2. The average Bonchev–Trinajstić information content (AvgIpc) is 2.62. The Bertz CT molecular complexity index is 761. The summed E-state index contributed by atoms with van der Waals surface area (Å²) in [7, 11) is 0. The molecular weight excluding hydrogens is 307 g/mol. The molecule has 1 aliphatic rings. The molecular formula is C18H17FN4O. The summed E-state index contributed by atoms with van der Waals surface area (Å²) in [5, 5.41) is 11.6. The first-order valence-corrected chi connectivity index (χ1v) is 7.72. The zero-order chi connectivity index (χ0) is 16.9. The maximum absolute atomic E-state index is 13.3. The van der Waals surface area contributed by atoms with Crippen molar-refractivity contribution in [2.75, 3.05) is 36.4 Å². The third-order valence-electron chi connectivity index (χ3n) is 4.01. The van der Waals surface area contributed by atoms with Crippen molar-refractivity contribution in [2.45, 2.75) is 0 Å². The highest BCUT2D eigenvalue weighted by molar-refractivity contribution is 5.89. The van der Waals surface area contributed by atoms with E-state index in [0.29, 0.717) is 37.4 Å². The molecule has 1 heterocycles. The first-order chi connectivity index (χ1) is 11.7. The number of piperazine rings is 1. The Balaban J connectivity index is 1.56. The second-order valence-electron chi connectivity index (χ2n) is 5.57. The predicted octanol–water partition coefficient (Wildman–Crippen LogP) is 3.05. The molecule has 3 rings (SSSR count). The van der Waals surface area contributed by atoms with Crippen LogP contribution < -0.4 is 10.2 Å². The van der Waals surface area contributed by atoms with Crippen molar-refractivity contribution in [1.82, 2.24) is 4.90 Å². The van der Waals surface area contributed by atoms with Crippen molar-refractivity contribution in [1.29, 1.82) is 5.26 Å². The van der Waals surface area contributed by atoms with E-state index in [1.165, 1.54) is 12.1 Å². The van der Waals surface area contributed by atoms with Crippen molar-refractivity contribution >= 4 is 17.4 Å². The maximum atomic E-state index is 13.3. The molecule has 0 bridgehead atoms. The zero-order valence-corrected chi connectivity index (χ0v) is 13.1. The van der Waals surface area contributed by atoms with E-state index < -0.39 is 0 Å². The highest BCUT2D eigenvalue weighted by atomic mass is 19.1. The number of urea groups is 1. The largest absolute Gasteiger partial charge is 0.368 e. The van der Waals surface area contributed by atoms with Gasteiger partial charge in [-0.2, -0.15) is 5.26 Å². The van der Waals surface area contributed by atoms with Crippen LogP contribution in [0.1, 0.15) is 5.56 Å². The molecule has 5 nitrogen and oxygen atoms in total. The summed E-state index contributed by atoms with van der Waals surface area (Å²) in [5.41, 5.74) is 2.05. The molecule has 2 aromatic carbocycles. The molecule has 6 heteroatoms. The van der Waals surface area contributed by atoms with Gasteiger partial charge in [0.2, 0.25) is 0 Å². The minimum Gasteiger partial charge on any atom is -0.368 e. The number of amides is 2. The Morgan fingerprint density at radius 2 is 1.79 bits per heavy atom. The Morgan fingerprint density at radius 3 is 2.42 bits per heavy atom. The van der Waals surface area contributed by atoms with E-state index in [-0.39, 0.29) is 11.8 Å².